The second-order valence-corrected chi connectivity index (χ2v) is 7.87. The SMILES string of the molecule is Cc1ccc(CNc2cc(C(=O)NC(C)(C)C)nc(-c3ccccc3)n2)cc1. The first-order valence-electron chi connectivity index (χ1n) is 9.37. The van der Waals surface area contributed by atoms with Crippen molar-refractivity contribution in [2.75, 3.05) is 5.32 Å². The molecule has 5 heteroatoms. The van der Waals surface area contributed by atoms with E-state index in [0.717, 1.165) is 11.1 Å². The minimum absolute atomic E-state index is 0.217. The minimum Gasteiger partial charge on any atom is -0.366 e. The van der Waals surface area contributed by atoms with Gasteiger partial charge in [0.25, 0.3) is 5.91 Å². The maximum atomic E-state index is 12.7. The molecule has 0 aliphatic rings. The topological polar surface area (TPSA) is 66.9 Å². The molecule has 0 atom stereocenters. The van der Waals surface area contributed by atoms with Crippen LogP contribution >= 0.6 is 0 Å². The molecule has 0 aliphatic heterocycles. The number of hydrogen-bond acceptors (Lipinski definition) is 4. The van der Waals surface area contributed by atoms with Crippen molar-refractivity contribution in [3.05, 3.63) is 77.5 Å². The third kappa shape index (κ3) is 5.39. The number of aryl methyl sites for hydroxylation is 1. The maximum absolute atomic E-state index is 12.7. The Morgan fingerprint density at radius 3 is 2.29 bits per heavy atom. The largest absolute Gasteiger partial charge is 0.366 e. The first-order valence-corrected chi connectivity index (χ1v) is 9.37. The number of aromatic nitrogens is 2. The quantitative estimate of drug-likeness (QED) is 0.685. The van der Waals surface area contributed by atoms with E-state index < -0.39 is 0 Å². The highest BCUT2D eigenvalue weighted by Gasteiger charge is 2.18. The molecule has 3 aromatic rings. The Labute approximate surface area is 166 Å². The van der Waals surface area contributed by atoms with Crippen LogP contribution in [0.3, 0.4) is 0 Å². The summed E-state index contributed by atoms with van der Waals surface area (Å²) in [6.45, 7) is 8.52. The summed E-state index contributed by atoms with van der Waals surface area (Å²) in [6.07, 6.45) is 0. The third-order valence-electron chi connectivity index (χ3n) is 4.07. The summed E-state index contributed by atoms with van der Waals surface area (Å²) in [5.74, 6) is 0.924. The van der Waals surface area contributed by atoms with Crippen LogP contribution < -0.4 is 10.6 Å². The Kier molecular flexibility index (Phi) is 5.73. The van der Waals surface area contributed by atoms with Crippen molar-refractivity contribution in [1.29, 1.82) is 0 Å². The summed E-state index contributed by atoms with van der Waals surface area (Å²) in [5, 5.41) is 6.28. The fraction of sp³-hybridized carbons (Fsp3) is 0.261. The summed E-state index contributed by atoms with van der Waals surface area (Å²) in [5.41, 5.74) is 3.23. The van der Waals surface area contributed by atoms with Gasteiger partial charge in [0.05, 0.1) is 0 Å². The Morgan fingerprint density at radius 2 is 1.64 bits per heavy atom. The Balaban J connectivity index is 1.90. The molecule has 144 valence electrons. The highest BCUT2D eigenvalue weighted by Crippen LogP contribution is 2.19. The Bertz CT molecular complexity index is 945. The van der Waals surface area contributed by atoms with Crippen molar-refractivity contribution in [1.82, 2.24) is 15.3 Å². The molecule has 0 saturated carbocycles. The van der Waals surface area contributed by atoms with E-state index in [4.69, 9.17) is 0 Å². The molecule has 3 rings (SSSR count). The van der Waals surface area contributed by atoms with E-state index in [2.05, 4.69) is 51.8 Å². The molecular weight excluding hydrogens is 348 g/mol. The van der Waals surface area contributed by atoms with Crippen molar-refractivity contribution in [3.8, 4) is 11.4 Å². The van der Waals surface area contributed by atoms with Crippen LogP contribution in [0.2, 0.25) is 0 Å². The van der Waals surface area contributed by atoms with E-state index in [1.165, 1.54) is 5.56 Å². The van der Waals surface area contributed by atoms with E-state index in [9.17, 15) is 4.79 Å². The summed E-state index contributed by atoms with van der Waals surface area (Å²) >= 11 is 0. The van der Waals surface area contributed by atoms with Crippen molar-refractivity contribution >= 4 is 11.7 Å². The van der Waals surface area contributed by atoms with Gasteiger partial charge in [-0.2, -0.15) is 0 Å². The van der Waals surface area contributed by atoms with Crippen molar-refractivity contribution in [2.24, 2.45) is 0 Å². The minimum atomic E-state index is -0.343. The van der Waals surface area contributed by atoms with Gasteiger partial charge in [-0.1, -0.05) is 60.2 Å². The molecule has 0 saturated heterocycles. The van der Waals surface area contributed by atoms with E-state index in [-0.39, 0.29) is 11.4 Å². The molecule has 0 spiro atoms. The van der Waals surface area contributed by atoms with E-state index in [1.807, 2.05) is 51.1 Å². The van der Waals surface area contributed by atoms with Gasteiger partial charge >= 0.3 is 0 Å². The van der Waals surface area contributed by atoms with Crippen LogP contribution in [-0.2, 0) is 6.54 Å². The number of carbonyl (C=O) groups excluding carboxylic acids is 1. The zero-order valence-corrected chi connectivity index (χ0v) is 16.8. The van der Waals surface area contributed by atoms with Gasteiger partial charge in [-0.3, -0.25) is 4.79 Å². The number of anilines is 1. The predicted molar refractivity (Wildman–Crippen MR) is 113 cm³/mol. The average Bonchev–Trinajstić information content (AvgIpc) is 2.67. The molecule has 0 unspecified atom stereocenters. The molecule has 0 fully saturated rings. The molecular formula is C23H26N4O. The summed E-state index contributed by atoms with van der Waals surface area (Å²) < 4.78 is 0. The summed E-state index contributed by atoms with van der Waals surface area (Å²) in [7, 11) is 0. The Hall–Kier alpha value is -3.21. The van der Waals surface area contributed by atoms with Gasteiger partial charge in [0, 0.05) is 23.7 Å². The summed E-state index contributed by atoms with van der Waals surface area (Å²) in [4.78, 5) is 21.8. The second-order valence-electron chi connectivity index (χ2n) is 7.87. The van der Waals surface area contributed by atoms with Crippen LogP contribution in [0.25, 0.3) is 11.4 Å². The van der Waals surface area contributed by atoms with Crippen molar-refractivity contribution in [3.63, 3.8) is 0 Å². The van der Waals surface area contributed by atoms with E-state index in [1.54, 1.807) is 6.07 Å². The number of carbonyl (C=O) groups is 1. The van der Waals surface area contributed by atoms with Gasteiger partial charge in [0.15, 0.2) is 5.82 Å². The van der Waals surface area contributed by atoms with Crippen LogP contribution in [0.4, 0.5) is 5.82 Å². The maximum Gasteiger partial charge on any atom is 0.270 e. The van der Waals surface area contributed by atoms with Crippen LogP contribution in [0.15, 0.2) is 60.7 Å². The highest BCUT2D eigenvalue weighted by molar-refractivity contribution is 5.93. The van der Waals surface area contributed by atoms with Crippen LogP contribution in [-0.4, -0.2) is 21.4 Å². The molecule has 0 bridgehead atoms. The number of amides is 1. The zero-order valence-electron chi connectivity index (χ0n) is 16.8. The van der Waals surface area contributed by atoms with Crippen molar-refractivity contribution in [2.45, 2.75) is 39.8 Å². The molecule has 0 radical (unpaired) electrons. The smallest absolute Gasteiger partial charge is 0.270 e. The van der Waals surface area contributed by atoms with Gasteiger partial charge in [0.2, 0.25) is 0 Å². The number of rotatable bonds is 5. The van der Waals surface area contributed by atoms with Gasteiger partial charge < -0.3 is 10.6 Å². The van der Waals surface area contributed by atoms with Crippen LogP contribution in [0.1, 0.15) is 42.4 Å². The lowest BCUT2D eigenvalue weighted by atomic mass is 10.1. The number of hydrogen-bond donors (Lipinski definition) is 2. The van der Waals surface area contributed by atoms with Gasteiger partial charge in [0.1, 0.15) is 11.5 Å². The standard InChI is InChI=1S/C23H26N4O/c1-16-10-12-17(13-11-16)15-24-20-14-19(22(28)27-23(2,3)4)25-21(26-20)18-8-6-5-7-9-18/h5-14H,15H2,1-4H3,(H,27,28)(H,24,25,26). The molecule has 2 aromatic carbocycles. The van der Waals surface area contributed by atoms with Gasteiger partial charge in [-0.15, -0.1) is 0 Å². The molecule has 1 heterocycles. The predicted octanol–water partition coefficient (Wildman–Crippen LogP) is 4.59. The fourth-order valence-electron chi connectivity index (χ4n) is 2.67. The molecule has 28 heavy (non-hydrogen) atoms. The fourth-order valence-corrected chi connectivity index (χ4v) is 2.67. The number of nitrogens with one attached hydrogen (secondary N) is 2. The van der Waals surface area contributed by atoms with Crippen LogP contribution in [0.5, 0.6) is 0 Å². The second kappa shape index (κ2) is 8.21. The number of nitrogens with zero attached hydrogens (tertiary/aromatic N) is 2. The van der Waals surface area contributed by atoms with Crippen LogP contribution in [0, 0.1) is 6.92 Å². The van der Waals surface area contributed by atoms with E-state index in [0.29, 0.717) is 23.9 Å². The lowest BCUT2D eigenvalue weighted by Gasteiger charge is -2.20. The molecule has 1 aromatic heterocycles. The monoisotopic (exact) mass is 374 g/mol. The van der Waals surface area contributed by atoms with Gasteiger partial charge in [-0.25, -0.2) is 9.97 Å². The van der Waals surface area contributed by atoms with Crippen molar-refractivity contribution < 1.29 is 4.79 Å². The first-order chi connectivity index (χ1) is 13.3. The highest BCUT2D eigenvalue weighted by atomic mass is 16.2. The Morgan fingerprint density at radius 1 is 0.964 bits per heavy atom. The molecule has 0 aliphatic carbocycles. The molecule has 5 nitrogen and oxygen atoms in total. The van der Waals surface area contributed by atoms with Gasteiger partial charge in [-0.05, 0) is 33.3 Å². The summed E-state index contributed by atoms with van der Waals surface area (Å²) in [6, 6.07) is 19.7. The normalized spacial score (nSPS) is 11.1. The first kappa shape index (κ1) is 19.5. The molecule has 1 amide bonds. The average molecular weight is 374 g/mol. The number of benzene rings is 2. The third-order valence-corrected chi connectivity index (χ3v) is 4.07. The molecule has 2 N–H and O–H groups in total. The lowest BCUT2D eigenvalue weighted by molar-refractivity contribution is 0.0914. The van der Waals surface area contributed by atoms with E-state index >= 15 is 0 Å². The lowest BCUT2D eigenvalue weighted by Crippen LogP contribution is -2.41. The zero-order chi connectivity index (χ0) is 20.1.